The summed E-state index contributed by atoms with van der Waals surface area (Å²) in [6.07, 6.45) is 1.72. The Bertz CT molecular complexity index is 1400. The summed E-state index contributed by atoms with van der Waals surface area (Å²) in [4.78, 5) is 28.5. The number of aryl methyl sites for hydroxylation is 1. The Kier molecular flexibility index (Phi) is 11.6. The maximum atomic E-state index is 14.0. The van der Waals surface area contributed by atoms with Gasteiger partial charge >= 0.3 is 0 Å². The van der Waals surface area contributed by atoms with Crippen LogP contribution < -0.4 is 14.4 Å². The van der Waals surface area contributed by atoms with Crippen LogP contribution in [0.4, 0.5) is 5.69 Å². The first-order valence-electron chi connectivity index (χ1n) is 13.7. The zero-order valence-electron chi connectivity index (χ0n) is 24.0. The third-order valence-electron chi connectivity index (χ3n) is 6.59. The number of benzene rings is 3. The Labute approximate surface area is 248 Å². The average Bonchev–Trinajstić information content (AvgIpc) is 2.96. The normalized spacial score (nSPS) is 11.9. The molecule has 0 aliphatic carbocycles. The standard InChI is InChI=1S/C31H38ClN3O5S/c1-5-7-20-33-31(37)24(4)34(21-25-10-12-26(32)13-11-25)30(36)22-35(27-14-16-28(17-15-27)40-6-2)41(38,39)29-18-8-23(3)9-19-29/h8-19,24H,5-7,20-22H2,1-4H3,(H,33,37). The van der Waals surface area contributed by atoms with E-state index >= 15 is 0 Å². The lowest BCUT2D eigenvalue weighted by Crippen LogP contribution is -2.51. The number of carbonyl (C=O) groups excluding carboxylic acids is 2. The maximum Gasteiger partial charge on any atom is 0.264 e. The van der Waals surface area contributed by atoms with E-state index in [-0.39, 0.29) is 17.3 Å². The fourth-order valence-corrected chi connectivity index (χ4v) is 5.69. The van der Waals surface area contributed by atoms with Crippen molar-refractivity contribution in [1.29, 1.82) is 0 Å². The molecule has 220 valence electrons. The van der Waals surface area contributed by atoms with E-state index in [2.05, 4.69) is 5.32 Å². The number of sulfonamides is 1. The Hall–Kier alpha value is -3.56. The van der Waals surface area contributed by atoms with Crippen LogP contribution in [-0.2, 0) is 26.2 Å². The molecule has 3 aromatic carbocycles. The fourth-order valence-electron chi connectivity index (χ4n) is 4.15. The van der Waals surface area contributed by atoms with E-state index < -0.39 is 28.5 Å². The molecular formula is C31H38ClN3O5S. The highest BCUT2D eigenvalue weighted by Crippen LogP contribution is 2.27. The van der Waals surface area contributed by atoms with Gasteiger partial charge in [0.15, 0.2) is 0 Å². The lowest BCUT2D eigenvalue weighted by Gasteiger charge is -2.32. The second-order valence-corrected chi connectivity index (χ2v) is 12.0. The van der Waals surface area contributed by atoms with Crippen LogP contribution in [0.5, 0.6) is 5.75 Å². The Morgan fingerprint density at radius 1 is 0.951 bits per heavy atom. The van der Waals surface area contributed by atoms with Crippen LogP contribution in [0.2, 0.25) is 5.02 Å². The summed E-state index contributed by atoms with van der Waals surface area (Å²) in [6.45, 7) is 7.93. The van der Waals surface area contributed by atoms with Gasteiger partial charge in [0.05, 0.1) is 17.2 Å². The van der Waals surface area contributed by atoms with Crippen molar-refractivity contribution >= 4 is 39.1 Å². The zero-order chi connectivity index (χ0) is 30.0. The highest BCUT2D eigenvalue weighted by molar-refractivity contribution is 7.92. The van der Waals surface area contributed by atoms with Crippen molar-refractivity contribution in [2.45, 2.75) is 58.0 Å². The van der Waals surface area contributed by atoms with E-state index in [1.807, 2.05) is 20.8 Å². The quantitative estimate of drug-likeness (QED) is 0.244. The highest BCUT2D eigenvalue weighted by Gasteiger charge is 2.32. The van der Waals surface area contributed by atoms with Gasteiger partial charge < -0.3 is 15.0 Å². The summed E-state index contributed by atoms with van der Waals surface area (Å²) in [6, 6.07) is 19.1. The number of nitrogens with one attached hydrogen (secondary N) is 1. The van der Waals surface area contributed by atoms with Crippen molar-refractivity contribution in [3.8, 4) is 5.75 Å². The molecule has 0 heterocycles. The van der Waals surface area contributed by atoms with Crippen LogP contribution in [0.15, 0.2) is 77.7 Å². The number of nitrogens with zero attached hydrogens (tertiary/aromatic N) is 2. The summed E-state index contributed by atoms with van der Waals surface area (Å²) >= 11 is 6.05. The van der Waals surface area contributed by atoms with E-state index in [1.165, 1.54) is 17.0 Å². The second-order valence-electron chi connectivity index (χ2n) is 9.72. The smallest absolute Gasteiger partial charge is 0.264 e. The Balaban J connectivity index is 2.00. The number of ether oxygens (including phenoxy) is 1. The van der Waals surface area contributed by atoms with Gasteiger partial charge in [-0.05, 0) is 81.3 Å². The molecule has 10 heteroatoms. The molecule has 1 unspecified atom stereocenters. The van der Waals surface area contributed by atoms with Gasteiger partial charge in [-0.25, -0.2) is 8.42 Å². The van der Waals surface area contributed by atoms with E-state index in [4.69, 9.17) is 16.3 Å². The van der Waals surface area contributed by atoms with Gasteiger partial charge in [0.2, 0.25) is 11.8 Å². The third kappa shape index (κ3) is 8.71. The summed E-state index contributed by atoms with van der Waals surface area (Å²) in [7, 11) is -4.14. The van der Waals surface area contributed by atoms with Gasteiger partial charge in [0.25, 0.3) is 10.0 Å². The van der Waals surface area contributed by atoms with Gasteiger partial charge in [-0.15, -0.1) is 0 Å². The lowest BCUT2D eigenvalue weighted by atomic mass is 10.1. The molecule has 0 bridgehead atoms. The predicted molar refractivity (Wildman–Crippen MR) is 163 cm³/mol. The molecular weight excluding hydrogens is 562 g/mol. The van der Waals surface area contributed by atoms with Crippen molar-refractivity contribution < 1.29 is 22.7 Å². The second kappa shape index (κ2) is 14.9. The summed E-state index contributed by atoms with van der Waals surface area (Å²) in [5.74, 6) is -0.255. The topological polar surface area (TPSA) is 96.0 Å². The number of hydrogen-bond acceptors (Lipinski definition) is 5. The van der Waals surface area contributed by atoms with E-state index in [0.717, 1.165) is 28.3 Å². The number of amides is 2. The largest absolute Gasteiger partial charge is 0.494 e. The molecule has 0 aromatic heterocycles. The Morgan fingerprint density at radius 3 is 2.17 bits per heavy atom. The first kappa shape index (κ1) is 32.0. The molecule has 1 atom stereocenters. The zero-order valence-corrected chi connectivity index (χ0v) is 25.5. The van der Waals surface area contributed by atoms with Gasteiger partial charge in [-0.1, -0.05) is 54.8 Å². The molecule has 0 fully saturated rings. The van der Waals surface area contributed by atoms with Crippen molar-refractivity contribution in [2.75, 3.05) is 24.0 Å². The van der Waals surface area contributed by atoms with Crippen molar-refractivity contribution in [3.05, 3.63) is 88.9 Å². The van der Waals surface area contributed by atoms with Gasteiger partial charge in [0, 0.05) is 18.1 Å². The molecule has 1 N–H and O–H groups in total. The van der Waals surface area contributed by atoms with Gasteiger partial charge in [0.1, 0.15) is 18.3 Å². The molecule has 8 nitrogen and oxygen atoms in total. The van der Waals surface area contributed by atoms with E-state index in [9.17, 15) is 18.0 Å². The minimum absolute atomic E-state index is 0.0550. The lowest BCUT2D eigenvalue weighted by molar-refractivity contribution is -0.139. The maximum absolute atomic E-state index is 14.0. The number of anilines is 1. The SMILES string of the molecule is CCCCNC(=O)C(C)N(Cc1ccc(Cl)cc1)C(=O)CN(c1ccc(OCC)cc1)S(=O)(=O)c1ccc(C)cc1. The van der Waals surface area contributed by atoms with Crippen LogP contribution >= 0.6 is 11.6 Å². The van der Waals surface area contributed by atoms with Crippen LogP contribution in [0.1, 0.15) is 44.7 Å². The predicted octanol–water partition coefficient (Wildman–Crippen LogP) is 5.58. The summed E-state index contributed by atoms with van der Waals surface area (Å²) in [5.41, 5.74) is 1.96. The minimum atomic E-state index is -4.14. The number of unbranched alkanes of at least 4 members (excludes halogenated alkanes) is 1. The van der Waals surface area contributed by atoms with E-state index in [1.54, 1.807) is 67.6 Å². The Morgan fingerprint density at radius 2 is 1.59 bits per heavy atom. The van der Waals surface area contributed by atoms with Crippen LogP contribution in [0, 0.1) is 6.92 Å². The van der Waals surface area contributed by atoms with Crippen LogP contribution in [-0.4, -0.2) is 50.9 Å². The third-order valence-corrected chi connectivity index (χ3v) is 8.63. The molecule has 41 heavy (non-hydrogen) atoms. The summed E-state index contributed by atoms with van der Waals surface area (Å²) in [5, 5.41) is 3.42. The fraction of sp³-hybridized carbons (Fsp3) is 0.355. The number of halogens is 1. The van der Waals surface area contributed by atoms with Crippen LogP contribution in [0.3, 0.4) is 0 Å². The highest BCUT2D eigenvalue weighted by atomic mass is 35.5. The van der Waals surface area contributed by atoms with Crippen LogP contribution in [0.25, 0.3) is 0 Å². The molecule has 2 amide bonds. The molecule has 0 saturated carbocycles. The van der Waals surface area contributed by atoms with Crippen molar-refractivity contribution in [1.82, 2.24) is 10.2 Å². The monoisotopic (exact) mass is 599 g/mol. The van der Waals surface area contributed by atoms with Crippen molar-refractivity contribution in [2.24, 2.45) is 0 Å². The molecule has 0 saturated heterocycles. The molecule has 0 spiro atoms. The minimum Gasteiger partial charge on any atom is -0.494 e. The molecule has 3 rings (SSSR count). The number of rotatable bonds is 14. The first-order chi connectivity index (χ1) is 19.6. The number of carbonyl (C=O) groups is 2. The van der Waals surface area contributed by atoms with Gasteiger partial charge in [-0.3, -0.25) is 13.9 Å². The molecule has 0 aliphatic heterocycles. The average molecular weight is 600 g/mol. The van der Waals surface area contributed by atoms with Gasteiger partial charge in [-0.2, -0.15) is 0 Å². The molecule has 0 radical (unpaired) electrons. The first-order valence-corrected chi connectivity index (χ1v) is 15.5. The summed E-state index contributed by atoms with van der Waals surface area (Å²) < 4.78 is 34.4. The van der Waals surface area contributed by atoms with Crippen molar-refractivity contribution in [3.63, 3.8) is 0 Å². The number of hydrogen-bond donors (Lipinski definition) is 1. The molecule has 3 aromatic rings. The molecule has 0 aliphatic rings. The van der Waals surface area contributed by atoms with E-state index in [0.29, 0.717) is 29.6 Å².